The third kappa shape index (κ3) is 5.77. The SMILES string of the molecule is CC(C)NCCCN(C)S(=O)(=O)N1CCCCCC1. The Morgan fingerprint density at radius 2 is 1.74 bits per heavy atom. The van der Waals surface area contributed by atoms with Crippen molar-refractivity contribution in [1.82, 2.24) is 13.9 Å². The molecular weight excluding hydrogens is 262 g/mol. The predicted molar refractivity (Wildman–Crippen MR) is 79.3 cm³/mol. The fourth-order valence-corrected chi connectivity index (χ4v) is 3.75. The highest BCUT2D eigenvalue weighted by atomic mass is 32.2. The van der Waals surface area contributed by atoms with Gasteiger partial charge in [-0.05, 0) is 25.8 Å². The lowest BCUT2D eigenvalue weighted by Crippen LogP contribution is -2.43. The second-order valence-electron chi connectivity index (χ2n) is 5.60. The van der Waals surface area contributed by atoms with Crippen LogP contribution in [0.5, 0.6) is 0 Å². The molecule has 0 radical (unpaired) electrons. The van der Waals surface area contributed by atoms with E-state index in [0.29, 0.717) is 25.7 Å². The molecule has 19 heavy (non-hydrogen) atoms. The molecule has 1 N–H and O–H groups in total. The Hall–Kier alpha value is -0.170. The average molecular weight is 291 g/mol. The first-order valence-corrected chi connectivity index (χ1v) is 8.79. The number of hydrogen-bond donors (Lipinski definition) is 1. The molecule has 0 spiro atoms. The second-order valence-corrected chi connectivity index (χ2v) is 7.64. The molecule has 1 fully saturated rings. The Morgan fingerprint density at radius 3 is 2.26 bits per heavy atom. The Bertz CT molecular complexity index is 336. The maximum Gasteiger partial charge on any atom is 0.281 e. The fourth-order valence-electron chi connectivity index (χ4n) is 2.28. The number of rotatable bonds is 7. The van der Waals surface area contributed by atoms with Gasteiger partial charge in [0.1, 0.15) is 0 Å². The van der Waals surface area contributed by atoms with E-state index in [0.717, 1.165) is 38.6 Å². The lowest BCUT2D eigenvalue weighted by atomic mass is 10.2. The van der Waals surface area contributed by atoms with Crippen LogP contribution in [0.1, 0.15) is 46.0 Å². The van der Waals surface area contributed by atoms with E-state index in [1.54, 1.807) is 11.4 Å². The molecule has 0 unspecified atom stereocenters. The summed E-state index contributed by atoms with van der Waals surface area (Å²) in [6.45, 7) is 6.99. The molecule has 0 atom stereocenters. The van der Waals surface area contributed by atoms with Crippen molar-refractivity contribution in [3.63, 3.8) is 0 Å². The van der Waals surface area contributed by atoms with Gasteiger partial charge in [0.05, 0.1) is 0 Å². The summed E-state index contributed by atoms with van der Waals surface area (Å²) in [5, 5.41) is 3.31. The monoisotopic (exact) mass is 291 g/mol. The van der Waals surface area contributed by atoms with Crippen LogP contribution in [0.3, 0.4) is 0 Å². The zero-order valence-electron chi connectivity index (χ0n) is 12.6. The average Bonchev–Trinajstić information content (AvgIpc) is 2.63. The minimum Gasteiger partial charge on any atom is -0.314 e. The summed E-state index contributed by atoms with van der Waals surface area (Å²) in [4.78, 5) is 0. The molecule has 6 heteroatoms. The van der Waals surface area contributed by atoms with E-state index in [1.165, 1.54) is 4.31 Å². The molecule has 0 bridgehead atoms. The van der Waals surface area contributed by atoms with Gasteiger partial charge in [-0.25, -0.2) is 0 Å². The van der Waals surface area contributed by atoms with Crippen molar-refractivity contribution in [3.8, 4) is 0 Å². The summed E-state index contributed by atoms with van der Waals surface area (Å²) in [7, 11) is -1.56. The van der Waals surface area contributed by atoms with Crippen LogP contribution in [0.15, 0.2) is 0 Å². The van der Waals surface area contributed by atoms with Crippen LogP contribution in [0.2, 0.25) is 0 Å². The maximum atomic E-state index is 12.4. The Labute approximate surface area is 118 Å². The van der Waals surface area contributed by atoms with Crippen LogP contribution in [0, 0.1) is 0 Å². The van der Waals surface area contributed by atoms with E-state index in [2.05, 4.69) is 19.2 Å². The molecule has 0 aromatic rings. The molecule has 1 rings (SSSR count). The van der Waals surface area contributed by atoms with Crippen molar-refractivity contribution in [2.45, 2.75) is 52.0 Å². The molecule has 1 heterocycles. The smallest absolute Gasteiger partial charge is 0.281 e. The van der Waals surface area contributed by atoms with Gasteiger partial charge in [-0.1, -0.05) is 26.7 Å². The van der Waals surface area contributed by atoms with E-state index < -0.39 is 10.2 Å². The normalized spacial score (nSPS) is 19.0. The van der Waals surface area contributed by atoms with Crippen molar-refractivity contribution < 1.29 is 8.42 Å². The molecule has 1 aliphatic rings. The third-order valence-corrected chi connectivity index (χ3v) is 5.48. The van der Waals surface area contributed by atoms with Crippen LogP contribution >= 0.6 is 0 Å². The maximum absolute atomic E-state index is 12.4. The van der Waals surface area contributed by atoms with Gasteiger partial charge in [0.25, 0.3) is 10.2 Å². The van der Waals surface area contributed by atoms with Crippen molar-refractivity contribution >= 4 is 10.2 Å². The van der Waals surface area contributed by atoms with Gasteiger partial charge in [0.15, 0.2) is 0 Å². The van der Waals surface area contributed by atoms with Gasteiger partial charge in [-0.15, -0.1) is 0 Å². The summed E-state index contributed by atoms with van der Waals surface area (Å²) in [5.41, 5.74) is 0. The van der Waals surface area contributed by atoms with Crippen molar-refractivity contribution in [2.75, 3.05) is 33.2 Å². The first kappa shape index (κ1) is 16.9. The van der Waals surface area contributed by atoms with Crippen molar-refractivity contribution in [1.29, 1.82) is 0 Å². The highest BCUT2D eigenvalue weighted by Gasteiger charge is 2.26. The largest absolute Gasteiger partial charge is 0.314 e. The lowest BCUT2D eigenvalue weighted by molar-refractivity contribution is 0.361. The fraction of sp³-hybridized carbons (Fsp3) is 1.00. The molecule has 114 valence electrons. The molecular formula is C13H29N3O2S. The molecule has 0 aromatic carbocycles. The number of nitrogens with zero attached hydrogens (tertiary/aromatic N) is 2. The van der Waals surface area contributed by atoms with Gasteiger partial charge in [-0.3, -0.25) is 0 Å². The zero-order chi connectivity index (χ0) is 14.3. The van der Waals surface area contributed by atoms with Crippen molar-refractivity contribution in [2.24, 2.45) is 0 Å². The quantitative estimate of drug-likeness (QED) is 0.722. The van der Waals surface area contributed by atoms with Crippen LogP contribution in [-0.4, -0.2) is 56.3 Å². The first-order chi connectivity index (χ1) is 8.94. The van der Waals surface area contributed by atoms with Crippen molar-refractivity contribution in [3.05, 3.63) is 0 Å². The standard InChI is InChI=1S/C13H29N3O2S/c1-13(2)14-9-8-10-15(3)19(17,18)16-11-6-4-5-7-12-16/h13-14H,4-12H2,1-3H3. The minimum atomic E-state index is -3.25. The van der Waals surface area contributed by atoms with Crippen LogP contribution in [-0.2, 0) is 10.2 Å². The van der Waals surface area contributed by atoms with E-state index in [9.17, 15) is 8.42 Å². The van der Waals surface area contributed by atoms with E-state index in [-0.39, 0.29) is 0 Å². The molecule has 0 saturated carbocycles. The molecule has 5 nitrogen and oxygen atoms in total. The third-order valence-electron chi connectivity index (χ3n) is 3.49. The highest BCUT2D eigenvalue weighted by Crippen LogP contribution is 2.15. The summed E-state index contributed by atoms with van der Waals surface area (Å²) in [6.07, 6.45) is 5.12. The van der Waals surface area contributed by atoms with E-state index in [1.807, 2.05) is 0 Å². The molecule has 0 aromatic heterocycles. The molecule has 1 aliphatic heterocycles. The zero-order valence-corrected chi connectivity index (χ0v) is 13.4. The molecule has 0 aliphatic carbocycles. The molecule has 1 saturated heterocycles. The lowest BCUT2D eigenvalue weighted by Gasteiger charge is -2.26. The van der Waals surface area contributed by atoms with Gasteiger partial charge in [0, 0.05) is 32.7 Å². The van der Waals surface area contributed by atoms with Gasteiger partial charge in [0.2, 0.25) is 0 Å². The topological polar surface area (TPSA) is 52.7 Å². The highest BCUT2D eigenvalue weighted by molar-refractivity contribution is 7.86. The Balaban J connectivity index is 2.41. The Morgan fingerprint density at radius 1 is 1.16 bits per heavy atom. The summed E-state index contributed by atoms with van der Waals surface area (Å²) < 4.78 is 27.9. The number of nitrogens with one attached hydrogen (secondary N) is 1. The van der Waals surface area contributed by atoms with E-state index >= 15 is 0 Å². The first-order valence-electron chi connectivity index (χ1n) is 7.39. The second kappa shape index (κ2) is 8.19. The van der Waals surface area contributed by atoms with Gasteiger partial charge in [-0.2, -0.15) is 17.0 Å². The summed E-state index contributed by atoms with van der Waals surface area (Å²) >= 11 is 0. The predicted octanol–water partition coefficient (Wildman–Crippen LogP) is 1.43. The van der Waals surface area contributed by atoms with Crippen LogP contribution in [0.4, 0.5) is 0 Å². The Kier molecular flexibility index (Phi) is 7.28. The van der Waals surface area contributed by atoms with Crippen LogP contribution < -0.4 is 5.32 Å². The van der Waals surface area contributed by atoms with E-state index in [4.69, 9.17) is 0 Å². The molecule has 0 amide bonds. The minimum absolute atomic E-state index is 0.451. The summed E-state index contributed by atoms with van der Waals surface area (Å²) in [6, 6.07) is 0.451. The van der Waals surface area contributed by atoms with Gasteiger partial charge >= 0.3 is 0 Å². The number of hydrogen-bond acceptors (Lipinski definition) is 3. The summed E-state index contributed by atoms with van der Waals surface area (Å²) in [5.74, 6) is 0. The van der Waals surface area contributed by atoms with Gasteiger partial charge < -0.3 is 5.32 Å². The van der Waals surface area contributed by atoms with Crippen LogP contribution in [0.25, 0.3) is 0 Å².